The number of pyridine rings is 2. The lowest BCUT2D eigenvalue weighted by Gasteiger charge is -2.14. The molecular weight excluding hydrogens is 364 g/mol. The number of aromatic nitrogens is 2. The van der Waals surface area contributed by atoms with Crippen LogP contribution in [0.5, 0.6) is 0 Å². The number of rotatable bonds is 5. The van der Waals surface area contributed by atoms with Gasteiger partial charge < -0.3 is 10.2 Å². The molecule has 2 heterocycles. The smallest absolute Gasteiger partial charge is 0.308 e. The quantitative estimate of drug-likeness (QED) is 0.403. The SMILES string of the molecule is Cl.O=C(O)C(CO)CCc1c2ccccc2nc2c1ccc1ncccc12. The molecule has 0 aliphatic rings. The summed E-state index contributed by atoms with van der Waals surface area (Å²) in [5, 5.41) is 21.6. The zero-order chi connectivity index (χ0) is 18.1. The molecule has 0 aliphatic heterocycles. The number of carboxylic acid groups (broad SMARTS) is 1. The van der Waals surface area contributed by atoms with Crippen molar-refractivity contribution in [3.05, 3.63) is 60.3 Å². The third kappa shape index (κ3) is 3.44. The van der Waals surface area contributed by atoms with Crippen LogP contribution in [0.25, 0.3) is 32.7 Å². The van der Waals surface area contributed by atoms with Crippen molar-refractivity contribution in [2.24, 2.45) is 5.92 Å². The molecule has 0 spiro atoms. The molecule has 0 bridgehead atoms. The van der Waals surface area contributed by atoms with E-state index in [1.807, 2.05) is 48.5 Å². The van der Waals surface area contributed by atoms with E-state index in [-0.39, 0.29) is 19.0 Å². The van der Waals surface area contributed by atoms with E-state index in [2.05, 4.69) is 4.98 Å². The molecule has 5 nitrogen and oxygen atoms in total. The first kappa shape index (κ1) is 19.0. The first-order valence-corrected chi connectivity index (χ1v) is 8.58. The number of nitrogens with zero attached hydrogens (tertiary/aromatic N) is 2. The molecule has 0 aliphatic carbocycles. The number of halogens is 1. The van der Waals surface area contributed by atoms with Crippen LogP contribution in [0.3, 0.4) is 0 Å². The van der Waals surface area contributed by atoms with Crippen LogP contribution in [0.1, 0.15) is 12.0 Å². The van der Waals surface area contributed by atoms with E-state index in [1.54, 1.807) is 6.20 Å². The van der Waals surface area contributed by atoms with Gasteiger partial charge >= 0.3 is 5.97 Å². The molecule has 6 heteroatoms. The number of hydrogen-bond acceptors (Lipinski definition) is 4. The van der Waals surface area contributed by atoms with Gasteiger partial charge in [0.05, 0.1) is 29.1 Å². The number of aryl methyl sites for hydroxylation is 1. The summed E-state index contributed by atoms with van der Waals surface area (Å²) < 4.78 is 0. The average Bonchev–Trinajstić information content (AvgIpc) is 2.67. The summed E-state index contributed by atoms with van der Waals surface area (Å²) in [4.78, 5) is 20.5. The van der Waals surface area contributed by atoms with Crippen LogP contribution in [-0.2, 0) is 11.2 Å². The minimum absolute atomic E-state index is 0. The van der Waals surface area contributed by atoms with Crippen LogP contribution in [0, 0.1) is 5.92 Å². The average molecular weight is 383 g/mol. The second-order valence-corrected chi connectivity index (χ2v) is 6.40. The van der Waals surface area contributed by atoms with Crippen LogP contribution in [0.2, 0.25) is 0 Å². The van der Waals surface area contributed by atoms with Crippen LogP contribution in [-0.4, -0.2) is 32.8 Å². The minimum atomic E-state index is -0.968. The highest BCUT2D eigenvalue weighted by atomic mass is 35.5. The highest BCUT2D eigenvalue weighted by Crippen LogP contribution is 2.31. The van der Waals surface area contributed by atoms with Crippen molar-refractivity contribution in [3.63, 3.8) is 0 Å². The third-order valence-corrected chi connectivity index (χ3v) is 4.86. The number of benzene rings is 2. The predicted octanol–water partition coefficient (Wildman–Crippen LogP) is 3.98. The normalized spacial score (nSPS) is 12.2. The standard InChI is InChI=1S/C21H18N2O3.ClH/c24-12-13(21(25)26)7-8-14-15-4-1-2-6-19(15)23-20-16(14)9-10-18-17(20)5-3-11-22-18;/h1-6,9-11,13,24H,7-8,12H2,(H,25,26);1H. The summed E-state index contributed by atoms with van der Waals surface area (Å²) >= 11 is 0. The number of aliphatic carboxylic acids is 1. The van der Waals surface area contributed by atoms with E-state index in [0.29, 0.717) is 12.8 Å². The van der Waals surface area contributed by atoms with E-state index >= 15 is 0 Å². The Kier molecular flexibility index (Phi) is 5.54. The van der Waals surface area contributed by atoms with Gasteiger partial charge in [-0.25, -0.2) is 4.98 Å². The first-order chi connectivity index (χ1) is 12.7. The molecule has 27 heavy (non-hydrogen) atoms. The van der Waals surface area contributed by atoms with Gasteiger partial charge in [0, 0.05) is 22.4 Å². The van der Waals surface area contributed by atoms with E-state index in [0.717, 1.165) is 38.3 Å². The second-order valence-electron chi connectivity index (χ2n) is 6.40. The van der Waals surface area contributed by atoms with Gasteiger partial charge in [-0.3, -0.25) is 9.78 Å². The molecule has 0 radical (unpaired) electrons. The zero-order valence-electron chi connectivity index (χ0n) is 14.5. The number of aliphatic hydroxyl groups excluding tert-OH is 1. The van der Waals surface area contributed by atoms with Gasteiger partial charge in [-0.05, 0) is 42.7 Å². The maximum absolute atomic E-state index is 11.3. The first-order valence-electron chi connectivity index (χ1n) is 8.58. The fourth-order valence-corrected chi connectivity index (χ4v) is 3.47. The molecule has 1 unspecified atom stereocenters. The largest absolute Gasteiger partial charge is 0.481 e. The lowest BCUT2D eigenvalue weighted by molar-refractivity contribution is -0.143. The molecule has 4 rings (SSSR count). The molecule has 0 saturated heterocycles. The van der Waals surface area contributed by atoms with Crippen molar-refractivity contribution in [1.82, 2.24) is 9.97 Å². The van der Waals surface area contributed by atoms with E-state index in [4.69, 9.17) is 4.98 Å². The van der Waals surface area contributed by atoms with Crippen molar-refractivity contribution >= 4 is 51.1 Å². The van der Waals surface area contributed by atoms with Gasteiger partial charge in [0.15, 0.2) is 0 Å². The number of para-hydroxylation sites is 1. The molecule has 0 saturated carbocycles. The number of carboxylic acids is 1. The Bertz CT molecular complexity index is 1130. The van der Waals surface area contributed by atoms with Crippen molar-refractivity contribution in [3.8, 4) is 0 Å². The number of fused-ring (bicyclic) bond motifs is 4. The molecule has 0 fully saturated rings. The maximum Gasteiger partial charge on any atom is 0.308 e. The molecule has 1 atom stereocenters. The Balaban J connectivity index is 0.00000210. The topological polar surface area (TPSA) is 83.3 Å². The summed E-state index contributed by atoms with van der Waals surface area (Å²) in [6.45, 7) is -0.358. The van der Waals surface area contributed by atoms with Crippen molar-refractivity contribution < 1.29 is 15.0 Å². The monoisotopic (exact) mass is 382 g/mol. The van der Waals surface area contributed by atoms with E-state index in [9.17, 15) is 15.0 Å². The summed E-state index contributed by atoms with van der Waals surface area (Å²) in [7, 11) is 0. The van der Waals surface area contributed by atoms with Gasteiger partial charge in [0.25, 0.3) is 0 Å². The molecule has 4 aromatic rings. The Morgan fingerprint density at radius 3 is 2.52 bits per heavy atom. The number of carbonyl (C=O) groups is 1. The fourth-order valence-electron chi connectivity index (χ4n) is 3.47. The van der Waals surface area contributed by atoms with Crippen LogP contribution in [0.15, 0.2) is 54.7 Å². The summed E-state index contributed by atoms with van der Waals surface area (Å²) in [5.41, 5.74) is 3.70. The van der Waals surface area contributed by atoms with Crippen molar-refractivity contribution in [1.29, 1.82) is 0 Å². The van der Waals surface area contributed by atoms with Gasteiger partial charge in [-0.2, -0.15) is 0 Å². The van der Waals surface area contributed by atoms with Crippen LogP contribution < -0.4 is 0 Å². The van der Waals surface area contributed by atoms with Crippen LogP contribution >= 0.6 is 12.4 Å². The number of hydrogen-bond donors (Lipinski definition) is 2. The number of aliphatic hydroxyl groups is 1. The Labute approximate surface area is 162 Å². The summed E-state index contributed by atoms with van der Waals surface area (Å²) in [6.07, 6.45) is 2.69. The van der Waals surface area contributed by atoms with Gasteiger partial charge in [-0.1, -0.05) is 24.3 Å². The minimum Gasteiger partial charge on any atom is -0.481 e. The highest BCUT2D eigenvalue weighted by Gasteiger charge is 2.18. The zero-order valence-corrected chi connectivity index (χ0v) is 15.3. The molecule has 2 aromatic heterocycles. The Morgan fingerprint density at radius 2 is 1.74 bits per heavy atom. The lowest BCUT2D eigenvalue weighted by atomic mass is 9.93. The van der Waals surface area contributed by atoms with Gasteiger partial charge in [0.1, 0.15) is 0 Å². The second kappa shape index (κ2) is 7.86. The fraction of sp³-hybridized carbons (Fsp3) is 0.190. The molecule has 2 N–H and O–H groups in total. The van der Waals surface area contributed by atoms with Crippen LogP contribution in [0.4, 0.5) is 0 Å². The maximum atomic E-state index is 11.3. The Morgan fingerprint density at radius 1 is 0.963 bits per heavy atom. The predicted molar refractivity (Wildman–Crippen MR) is 108 cm³/mol. The van der Waals surface area contributed by atoms with E-state index < -0.39 is 11.9 Å². The lowest BCUT2D eigenvalue weighted by Crippen LogP contribution is -2.18. The molecule has 0 amide bonds. The van der Waals surface area contributed by atoms with Crippen molar-refractivity contribution in [2.45, 2.75) is 12.8 Å². The summed E-state index contributed by atoms with van der Waals surface area (Å²) in [5.74, 6) is -1.73. The third-order valence-electron chi connectivity index (χ3n) is 4.86. The van der Waals surface area contributed by atoms with Gasteiger partial charge in [0.2, 0.25) is 0 Å². The highest BCUT2D eigenvalue weighted by molar-refractivity contribution is 6.09. The molecule has 138 valence electrons. The van der Waals surface area contributed by atoms with E-state index in [1.165, 1.54) is 0 Å². The summed E-state index contributed by atoms with van der Waals surface area (Å²) in [6, 6.07) is 15.8. The van der Waals surface area contributed by atoms with Gasteiger partial charge in [-0.15, -0.1) is 12.4 Å². The van der Waals surface area contributed by atoms with Crippen molar-refractivity contribution in [2.75, 3.05) is 6.61 Å². The molecular formula is C21H19ClN2O3. The molecule has 2 aromatic carbocycles. The Hall–Kier alpha value is -2.76.